The van der Waals surface area contributed by atoms with Crippen molar-refractivity contribution >= 4 is 0 Å². The van der Waals surface area contributed by atoms with Crippen LogP contribution in [0.15, 0.2) is 36.8 Å². The number of hydrogen-bond donors (Lipinski definition) is 0. The second kappa shape index (κ2) is 7.68. The molecular weight excluding hydrogens is 366 g/mol. The van der Waals surface area contributed by atoms with E-state index >= 15 is 0 Å². The SMILES string of the molecule is CCCc1cnc(OCc2cn(-c3ccc(F)c(C(F)(F)F)c3)nn2)nc1. The molecule has 2 heterocycles. The minimum absolute atomic E-state index is 0.0134. The number of hydrogen-bond acceptors (Lipinski definition) is 5. The number of halogens is 4. The number of aromatic nitrogens is 5. The van der Waals surface area contributed by atoms with Crippen molar-refractivity contribution in [2.75, 3.05) is 0 Å². The van der Waals surface area contributed by atoms with Crippen LogP contribution >= 0.6 is 0 Å². The molecule has 0 saturated carbocycles. The van der Waals surface area contributed by atoms with Crippen LogP contribution in [0.3, 0.4) is 0 Å². The third-order valence-electron chi connectivity index (χ3n) is 3.63. The van der Waals surface area contributed by atoms with E-state index in [1.807, 2.05) is 6.92 Å². The molecule has 10 heteroatoms. The van der Waals surface area contributed by atoms with Crippen LogP contribution in [0.2, 0.25) is 0 Å². The first-order valence-electron chi connectivity index (χ1n) is 8.09. The van der Waals surface area contributed by atoms with E-state index in [1.54, 1.807) is 12.4 Å². The lowest BCUT2D eigenvalue weighted by molar-refractivity contribution is -0.140. The van der Waals surface area contributed by atoms with Gasteiger partial charge in [0, 0.05) is 12.4 Å². The lowest BCUT2D eigenvalue weighted by Crippen LogP contribution is -2.09. The molecule has 0 fully saturated rings. The number of ether oxygens (including phenoxy) is 1. The molecule has 6 nitrogen and oxygen atoms in total. The molecule has 142 valence electrons. The summed E-state index contributed by atoms with van der Waals surface area (Å²) in [6, 6.07) is 2.75. The number of aryl methyl sites for hydroxylation is 1. The molecule has 27 heavy (non-hydrogen) atoms. The summed E-state index contributed by atoms with van der Waals surface area (Å²) in [6.45, 7) is 2.03. The second-order valence-electron chi connectivity index (χ2n) is 5.73. The highest BCUT2D eigenvalue weighted by atomic mass is 19.4. The van der Waals surface area contributed by atoms with Crippen molar-refractivity contribution in [1.82, 2.24) is 25.0 Å². The lowest BCUT2D eigenvalue weighted by Gasteiger charge is -2.09. The van der Waals surface area contributed by atoms with E-state index in [4.69, 9.17) is 4.74 Å². The Morgan fingerprint density at radius 3 is 2.56 bits per heavy atom. The van der Waals surface area contributed by atoms with Crippen LogP contribution < -0.4 is 4.74 Å². The van der Waals surface area contributed by atoms with E-state index in [9.17, 15) is 17.6 Å². The zero-order valence-electron chi connectivity index (χ0n) is 14.2. The molecule has 1 aromatic carbocycles. The van der Waals surface area contributed by atoms with Gasteiger partial charge in [0.05, 0.1) is 17.4 Å². The smallest absolute Gasteiger partial charge is 0.419 e. The predicted molar refractivity (Wildman–Crippen MR) is 86.7 cm³/mol. The van der Waals surface area contributed by atoms with Crippen LogP contribution in [0.5, 0.6) is 6.01 Å². The van der Waals surface area contributed by atoms with Crippen LogP contribution in [-0.4, -0.2) is 25.0 Å². The standard InChI is InChI=1S/C17H15F4N5O/c1-2-3-11-7-22-16(23-8-11)27-10-12-9-26(25-24-12)13-4-5-15(18)14(6-13)17(19,20)21/h4-9H,2-3,10H2,1H3. The third-order valence-corrected chi connectivity index (χ3v) is 3.63. The minimum Gasteiger partial charge on any atom is -0.457 e. The first-order valence-corrected chi connectivity index (χ1v) is 8.09. The van der Waals surface area contributed by atoms with Gasteiger partial charge in [-0.3, -0.25) is 0 Å². The van der Waals surface area contributed by atoms with E-state index in [1.165, 1.54) is 12.3 Å². The van der Waals surface area contributed by atoms with Gasteiger partial charge in [-0.2, -0.15) is 13.2 Å². The molecule has 3 rings (SSSR count). The van der Waals surface area contributed by atoms with Crippen molar-refractivity contribution in [2.24, 2.45) is 0 Å². The summed E-state index contributed by atoms with van der Waals surface area (Å²) >= 11 is 0. The molecule has 0 N–H and O–H groups in total. The summed E-state index contributed by atoms with van der Waals surface area (Å²) in [5.41, 5.74) is 0.0122. The Hall–Kier alpha value is -3.04. The summed E-state index contributed by atoms with van der Waals surface area (Å²) in [6.07, 6.45) is 1.77. The topological polar surface area (TPSA) is 65.7 Å². The van der Waals surface area contributed by atoms with Crippen molar-refractivity contribution in [2.45, 2.75) is 32.5 Å². The third kappa shape index (κ3) is 4.57. The average molecular weight is 381 g/mol. The summed E-state index contributed by atoms with van der Waals surface area (Å²) in [5, 5.41) is 7.57. The van der Waals surface area contributed by atoms with Gasteiger partial charge in [0.1, 0.15) is 18.1 Å². The zero-order valence-corrected chi connectivity index (χ0v) is 14.2. The average Bonchev–Trinajstić information content (AvgIpc) is 3.10. The molecule has 2 aromatic heterocycles. The Morgan fingerprint density at radius 1 is 1.15 bits per heavy atom. The molecule has 3 aromatic rings. The highest BCUT2D eigenvalue weighted by Crippen LogP contribution is 2.32. The van der Waals surface area contributed by atoms with Gasteiger partial charge in [-0.15, -0.1) is 5.10 Å². The van der Waals surface area contributed by atoms with E-state index in [2.05, 4.69) is 20.3 Å². The van der Waals surface area contributed by atoms with Gasteiger partial charge in [0.25, 0.3) is 0 Å². The van der Waals surface area contributed by atoms with Crippen LogP contribution in [0.4, 0.5) is 17.6 Å². The molecule has 0 saturated heterocycles. The van der Waals surface area contributed by atoms with E-state index < -0.39 is 17.6 Å². The van der Waals surface area contributed by atoms with E-state index in [0.29, 0.717) is 11.8 Å². The number of alkyl halides is 3. The molecule has 0 amide bonds. The fraction of sp³-hybridized carbons (Fsp3) is 0.294. The highest BCUT2D eigenvalue weighted by molar-refractivity contribution is 5.37. The number of nitrogens with zero attached hydrogens (tertiary/aromatic N) is 5. The molecule has 0 unspecified atom stereocenters. The van der Waals surface area contributed by atoms with Crippen LogP contribution in [0.1, 0.15) is 30.2 Å². The Morgan fingerprint density at radius 2 is 1.89 bits per heavy atom. The van der Waals surface area contributed by atoms with Gasteiger partial charge >= 0.3 is 12.2 Å². The summed E-state index contributed by atoms with van der Waals surface area (Å²) < 4.78 is 58.3. The normalized spacial score (nSPS) is 11.6. The van der Waals surface area contributed by atoms with Gasteiger partial charge in [-0.25, -0.2) is 19.0 Å². The monoisotopic (exact) mass is 381 g/mol. The largest absolute Gasteiger partial charge is 0.457 e. The Labute approximate surface area is 151 Å². The fourth-order valence-electron chi connectivity index (χ4n) is 2.34. The minimum atomic E-state index is -4.80. The number of rotatable bonds is 6. The van der Waals surface area contributed by atoms with Crippen LogP contribution in [0.25, 0.3) is 5.69 Å². The summed E-state index contributed by atoms with van der Waals surface area (Å²) in [4.78, 5) is 8.14. The predicted octanol–water partition coefficient (Wildman–Crippen LogP) is 3.75. The molecule has 0 atom stereocenters. The maximum Gasteiger partial charge on any atom is 0.419 e. The molecule has 0 bridgehead atoms. The maximum absolute atomic E-state index is 13.4. The van der Waals surface area contributed by atoms with Crippen molar-refractivity contribution < 1.29 is 22.3 Å². The molecule has 0 aliphatic heterocycles. The van der Waals surface area contributed by atoms with Crippen LogP contribution in [0, 0.1) is 5.82 Å². The molecule has 0 aliphatic rings. The lowest BCUT2D eigenvalue weighted by atomic mass is 10.2. The van der Waals surface area contributed by atoms with Crippen molar-refractivity contribution in [3.8, 4) is 11.7 Å². The number of benzene rings is 1. The second-order valence-corrected chi connectivity index (χ2v) is 5.73. The van der Waals surface area contributed by atoms with Gasteiger partial charge in [-0.05, 0) is 30.2 Å². The Kier molecular flexibility index (Phi) is 5.33. The van der Waals surface area contributed by atoms with Gasteiger partial charge < -0.3 is 4.74 Å². The Balaban J connectivity index is 1.70. The first-order chi connectivity index (χ1) is 12.9. The maximum atomic E-state index is 13.4. The van der Waals surface area contributed by atoms with Gasteiger partial charge in [0.15, 0.2) is 0 Å². The molecule has 0 aliphatic carbocycles. The molecule has 0 radical (unpaired) electrons. The zero-order chi connectivity index (χ0) is 19.4. The first kappa shape index (κ1) is 18.7. The van der Waals surface area contributed by atoms with Gasteiger partial charge in [-0.1, -0.05) is 18.6 Å². The highest BCUT2D eigenvalue weighted by Gasteiger charge is 2.34. The molecular formula is C17H15F4N5O. The van der Waals surface area contributed by atoms with E-state index in [-0.39, 0.29) is 18.3 Å². The van der Waals surface area contributed by atoms with Crippen molar-refractivity contribution in [3.63, 3.8) is 0 Å². The van der Waals surface area contributed by atoms with E-state index in [0.717, 1.165) is 29.2 Å². The Bertz CT molecular complexity index is 908. The van der Waals surface area contributed by atoms with Gasteiger partial charge in [0.2, 0.25) is 0 Å². The van der Waals surface area contributed by atoms with Crippen LogP contribution in [-0.2, 0) is 19.2 Å². The van der Waals surface area contributed by atoms with Crippen molar-refractivity contribution in [3.05, 3.63) is 59.4 Å². The quantitative estimate of drug-likeness (QED) is 0.609. The fourth-order valence-corrected chi connectivity index (χ4v) is 2.34. The summed E-state index contributed by atoms with van der Waals surface area (Å²) in [7, 11) is 0. The van der Waals surface area contributed by atoms with Crippen molar-refractivity contribution in [1.29, 1.82) is 0 Å². The molecule has 0 spiro atoms. The summed E-state index contributed by atoms with van der Waals surface area (Å²) in [5.74, 6) is -1.35.